The number of carbonyl (C=O) groups is 2. The summed E-state index contributed by atoms with van der Waals surface area (Å²) < 4.78 is 11.1. The van der Waals surface area contributed by atoms with Crippen LogP contribution in [0.1, 0.15) is 13.3 Å². The Hall–Kier alpha value is -1.78. The number of hydrogen-bond acceptors (Lipinski definition) is 5. The highest BCUT2D eigenvalue weighted by Crippen LogP contribution is 2.27. The molecule has 0 unspecified atom stereocenters. The first-order valence-electron chi connectivity index (χ1n) is 6.74. The van der Waals surface area contributed by atoms with Crippen LogP contribution in [0.2, 0.25) is 5.02 Å². The van der Waals surface area contributed by atoms with E-state index in [-0.39, 0.29) is 25.5 Å². The van der Waals surface area contributed by atoms with Crippen LogP contribution in [0.4, 0.5) is 0 Å². The van der Waals surface area contributed by atoms with E-state index in [1.165, 1.54) is 11.8 Å². The zero-order valence-electron chi connectivity index (χ0n) is 12.7. The van der Waals surface area contributed by atoms with E-state index in [4.69, 9.17) is 26.3 Å². The van der Waals surface area contributed by atoms with Crippen molar-refractivity contribution in [1.82, 2.24) is 4.90 Å². The van der Waals surface area contributed by atoms with Gasteiger partial charge < -0.3 is 14.4 Å². The first-order chi connectivity index (χ1) is 10.8. The average molecular weight is 404 g/mol. The second-order valence-electron chi connectivity index (χ2n) is 4.66. The number of rotatable bonds is 7. The number of carbonyl (C=O) groups excluding carboxylic acids is 2. The Labute approximate surface area is 148 Å². The standard InChI is InChI=1S/C15H16BrClN2O4/c1-10(15(21)19(2)7-3-6-18)23-14(20)9-22-13-5-4-11(16)8-12(13)17/h4-5,8,10H,3,7,9H2,1-2H3/t10-/m0/s1. The van der Waals surface area contributed by atoms with E-state index in [1.807, 2.05) is 6.07 Å². The minimum Gasteiger partial charge on any atom is -0.480 e. The van der Waals surface area contributed by atoms with Gasteiger partial charge in [0.2, 0.25) is 0 Å². The zero-order chi connectivity index (χ0) is 17.4. The molecule has 1 atom stereocenters. The molecule has 0 aliphatic heterocycles. The summed E-state index contributed by atoms with van der Waals surface area (Å²) in [5.41, 5.74) is 0. The van der Waals surface area contributed by atoms with Crippen molar-refractivity contribution in [3.63, 3.8) is 0 Å². The van der Waals surface area contributed by atoms with E-state index in [9.17, 15) is 9.59 Å². The topological polar surface area (TPSA) is 79.6 Å². The number of esters is 1. The van der Waals surface area contributed by atoms with Gasteiger partial charge in [-0.05, 0) is 25.1 Å². The summed E-state index contributed by atoms with van der Waals surface area (Å²) in [6, 6.07) is 6.92. The molecule has 8 heteroatoms. The van der Waals surface area contributed by atoms with Gasteiger partial charge in [0.15, 0.2) is 12.7 Å². The quantitative estimate of drug-likeness (QED) is 0.654. The minimum absolute atomic E-state index is 0.216. The molecule has 0 fully saturated rings. The Morgan fingerprint density at radius 2 is 2.17 bits per heavy atom. The molecule has 23 heavy (non-hydrogen) atoms. The maximum absolute atomic E-state index is 11.9. The number of nitriles is 1. The first-order valence-corrected chi connectivity index (χ1v) is 7.91. The van der Waals surface area contributed by atoms with E-state index in [0.29, 0.717) is 10.8 Å². The lowest BCUT2D eigenvalue weighted by molar-refractivity contribution is -0.160. The molecule has 0 aliphatic carbocycles. The van der Waals surface area contributed by atoms with Crippen molar-refractivity contribution in [3.8, 4) is 11.8 Å². The zero-order valence-corrected chi connectivity index (χ0v) is 15.1. The van der Waals surface area contributed by atoms with Gasteiger partial charge in [0.25, 0.3) is 5.91 Å². The van der Waals surface area contributed by atoms with Crippen LogP contribution >= 0.6 is 27.5 Å². The molecular weight excluding hydrogens is 388 g/mol. The van der Waals surface area contributed by atoms with Gasteiger partial charge in [-0.15, -0.1) is 0 Å². The molecule has 0 saturated carbocycles. The molecule has 0 aliphatic rings. The minimum atomic E-state index is -0.949. The third-order valence-corrected chi connectivity index (χ3v) is 3.62. The monoisotopic (exact) mass is 402 g/mol. The summed E-state index contributed by atoms with van der Waals surface area (Å²) >= 11 is 9.23. The van der Waals surface area contributed by atoms with E-state index in [0.717, 1.165) is 4.47 Å². The van der Waals surface area contributed by atoms with E-state index in [1.54, 1.807) is 25.2 Å². The van der Waals surface area contributed by atoms with Crippen molar-refractivity contribution in [2.24, 2.45) is 0 Å². The normalized spacial score (nSPS) is 11.3. The SMILES string of the molecule is C[C@H](OC(=O)COc1ccc(Br)cc1Cl)C(=O)N(C)CCC#N. The molecule has 0 bridgehead atoms. The molecule has 0 spiro atoms. The van der Waals surface area contributed by atoms with Crippen LogP contribution in [0.5, 0.6) is 5.75 Å². The molecule has 6 nitrogen and oxygen atoms in total. The number of amides is 1. The Balaban J connectivity index is 2.46. The van der Waals surface area contributed by atoms with E-state index < -0.39 is 12.1 Å². The second-order valence-corrected chi connectivity index (χ2v) is 5.99. The lowest BCUT2D eigenvalue weighted by Crippen LogP contribution is -2.38. The number of halogens is 2. The van der Waals surface area contributed by atoms with Crippen molar-refractivity contribution in [3.05, 3.63) is 27.7 Å². The highest BCUT2D eigenvalue weighted by molar-refractivity contribution is 9.10. The third kappa shape index (κ3) is 6.47. The van der Waals surface area contributed by atoms with Crippen LogP contribution in [0.25, 0.3) is 0 Å². The van der Waals surface area contributed by atoms with Crippen LogP contribution in [0.3, 0.4) is 0 Å². The van der Waals surface area contributed by atoms with Crippen LogP contribution in [-0.2, 0) is 14.3 Å². The molecule has 1 aromatic carbocycles. The van der Waals surface area contributed by atoms with Gasteiger partial charge in [0.1, 0.15) is 5.75 Å². The average Bonchev–Trinajstić information content (AvgIpc) is 2.50. The number of hydrogen-bond donors (Lipinski definition) is 0. The summed E-state index contributed by atoms with van der Waals surface area (Å²) in [5.74, 6) is -0.717. The predicted molar refractivity (Wildman–Crippen MR) is 88.1 cm³/mol. The lowest BCUT2D eigenvalue weighted by atomic mass is 10.3. The van der Waals surface area contributed by atoms with Gasteiger partial charge in [-0.3, -0.25) is 4.79 Å². The van der Waals surface area contributed by atoms with Crippen LogP contribution < -0.4 is 4.74 Å². The van der Waals surface area contributed by atoms with Gasteiger partial charge >= 0.3 is 5.97 Å². The van der Waals surface area contributed by atoms with Crippen molar-refractivity contribution in [2.75, 3.05) is 20.2 Å². The molecule has 0 heterocycles. The lowest BCUT2D eigenvalue weighted by Gasteiger charge is -2.20. The molecule has 1 aromatic rings. The second kappa shape index (κ2) is 9.38. The molecule has 1 rings (SSSR count). The van der Waals surface area contributed by atoms with Crippen molar-refractivity contribution >= 4 is 39.4 Å². The maximum atomic E-state index is 11.9. The Morgan fingerprint density at radius 1 is 1.48 bits per heavy atom. The summed E-state index contributed by atoms with van der Waals surface area (Å²) in [7, 11) is 1.54. The Kier molecular flexibility index (Phi) is 7.86. The third-order valence-electron chi connectivity index (χ3n) is 2.83. The maximum Gasteiger partial charge on any atom is 0.344 e. The van der Waals surface area contributed by atoms with Crippen LogP contribution in [0, 0.1) is 11.3 Å². The van der Waals surface area contributed by atoms with Gasteiger partial charge in [0.05, 0.1) is 17.5 Å². The summed E-state index contributed by atoms with van der Waals surface area (Å²) in [6.45, 7) is 1.39. The van der Waals surface area contributed by atoms with E-state index >= 15 is 0 Å². The molecule has 1 amide bonds. The van der Waals surface area contributed by atoms with Gasteiger partial charge in [0, 0.05) is 18.1 Å². The molecular formula is C15H16BrClN2O4. The van der Waals surface area contributed by atoms with Gasteiger partial charge in [-0.2, -0.15) is 5.26 Å². The van der Waals surface area contributed by atoms with Gasteiger partial charge in [-0.1, -0.05) is 27.5 Å². The first kappa shape index (κ1) is 19.3. The van der Waals surface area contributed by atoms with Crippen molar-refractivity contribution in [2.45, 2.75) is 19.4 Å². The van der Waals surface area contributed by atoms with Crippen molar-refractivity contribution in [1.29, 1.82) is 5.26 Å². The largest absolute Gasteiger partial charge is 0.480 e. The van der Waals surface area contributed by atoms with Crippen LogP contribution in [-0.4, -0.2) is 43.1 Å². The molecule has 0 saturated heterocycles. The molecule has 124 valence electrons. The molecule has 0 N–H and O–H groups in total. The van der Waals surface area contributed by atoms with Crippen molar-refractivity contribution < 1.29 is 19.1 Å². The Morgan fingerprint density at radius 3 is 2.78 bits per heavy atom. The molecule has 0 radical (unpaired) electrons. The number of likely N-dealkylation sites (N-methyl/N-ethyl adjacent to an activating group) is 1. The fourth-order valence-corrected chi connectivity index (χ4v) is 2.38. The van der Waals surface area contributed by atoms with Crippen LogP contribution in [0.15, 0.2) is 22.7 Å². The molecule has 0 aromatic heterocycles. The number of benzene rings is 1. The number of ether oxygens (including phenoxy) is 2. The highest BCUT2D eigenvalue weighted by atomic mass is 79.9. The fourth-order valence-electron chi connectivity index (χ4n) is 1.65. The number of nitrogens with zero attached hydrogens (tertiary/aromatic N) is 2. The summed E-state index contributed by atoms with van der Waals surface area (Å²) in [6.07, 6.45) is -0.733. The van der Waals surface area contributed by atoms with Gasteiger partial charge in [-0.25, -0.2) is 4.79 Å². The predicted octanol–water partition coefficient (Wildman–Crippen LogP) is 2.79. The summed E-state index contributed by atoms with van der Waals surface area (Å²) in [4.78, 5) is 25.0. The Bertz CT molecular complexity index is 618. The highest BCUT2D eigenvalue weighted by Gasteiger charge is 2.21. The smallest absolute Gasteiger partial charge is 0.344 e. The van der Waals surface area contributed by atoms with E-state index in [2.05, 4.69) is 15.9 Å². The summed E-state index contributed by atoms with van der Waals surface area (Å²) in [5, 5.41) is 8.85. The fraction of sp³-hybridized carbons (Fsp3) is 0.400.